The Morgan fingerprint density at radius 1 is 0.429 bits per heavy atom. The Labute approximate surface area is 349 Å². The van der Waals surface area contributed by atoms with Gasteiger partial charge in [-0.3, -0.25) is 9.59 Å². The van der Waals surface area contributed by atoms with E-state index in [2.05, 4.69) is 19.2 Å². The monoisotopic (exact) mass is 794 g/mol. The van der Waals surface area contributed by atoms with Crippen LogP contribution in [-0.4, -0.2) is 47.4 Å². The molecule has 0 fully saturated rings. The summed E-state index contributed by atoms with van der Waals surface area (Å²) in [5.74, 6) is -0.0823. The van der Waals surface area contributed by atoms with E-state index in [1.54, 1.807) is 0 Å². The molecule has 0 heterocycles. The van der Waals surface area contributed by atoms with Crippen LogP contribution in [0, 0.1) is 0 Å². The summed E-state index contributed by atoms with van der Waals surface area (Å²) in [6.07, 6.45) is 50.6. The van der Waals surface area contributed by atoms with E-state index in [0.717, 1.165) is 57.8 Å². The molecule has 334 valence electrons. The lowest BCUT2D eigenvalue weighted by molar-refractivity contribution is -0.143. The molecule has 2 unspecified atom stereocenters. The summed E-state index contributed by atoms with van der Waals surface area (Å²) < 4.78 is 5.44. The van der Waals surface area contributed by atoms with E-state index in [1.807, 2.05) is 0 Å². The van der Waals surface area contributed by atoms with Crippen molar-refractivity contribution in [3.05, 3.63) is 0 Å². The summed E-state index contributed by atoms with van der Waals surface area (Å²) in [6.45, 7) is 4.90. The molecule has 0 aliphatic heterocycles. The molecule has 56 heavy (non-hydrogen) atoms. The van der Waals surface area contributed by atoms with E-state index < -0.39 is 12.1 Å². The Bertz CT molecular complexity index is 791. The number of carbonyl (C=O) groups is 2. The summed E-state index contributed by atoms with van der Waals surface area (Å²) in [6, 6.07) is -0.559. The first-order valence-electron chi connectivity index (χ1n) is 25.3. The van der Waals surface area contributed by atoms with Crippen molar-refractivity contribution in [3.63, 3.8) is 0 Å². The minimum Gasteiger partial charge on any atom is -0.466 e. The third-order valence-electron chi connectivity index (χ3n) is 11.9. The molecular formula is C50H99NO5. The van der Waals surface area contributed by atoms with Gasteiger partial charge in [0.25, 0.3) is 0 Å². The highest BCUT2D eigenvalue weighted by Gasteiger charge is 2.20. The van der Waals surface area contributed by atoms with Gasteiger partial charge in [-0.05, 0) is 25.7 Å². The molecule has 0 radical (unpaired) electrons. The largest absolute Gasteiger partial charge is 0.466 e. The second-order valence-corrected chi connectivity index (χ2v) is 17.5. The lowest BCUT2D eigenvalue weighted by Crippen LogP contribution is -2.45. The van der Waals surface area contributed by atoms with Crippen molar-refractivity contribution in [1.29, 1.82) is 0 Å². The van der Waals surface area contributed by atoms with Crippen molar-refractivity contribution in [3.8, 4) is 0 Å². The van der Waals surface area contributed by atoms with Gasteiger partial charge in [0.2, 0.25) is 5.91 Å². The molecule has 0 aromatic rings. The molecule has 3 N–H and O–H groups in total. The lowest BCUT2D eigenvalue weighted by Gasteiger charge is -2.22. The number of amides is 1. The highest BCUT2D eigenvalue weighted by atomic mass is 16.5. The summed E-state index contributed by atoms with van der Waals surface area (Å²) in [5.41, 5.74) is 0. The average molecular weight is 794 g/mol. The van der Waals surface area contributed by atoms with Gasteiger partial charge in [0.05, 0.1) is 25.4 Å². The van der Waals surface area contributed by atoms with Crippen molar-refractivity contribution >= 4 is 11.9 Å². The standard InChI is InChI=1S/C50H99NO5/c1-3-5-7-9-11-13-15-17-18-19-20-22-23-26-30-34-38-42-48(53)47(46-52)51-49(54)43-39-35-31-27-25-29-33-37-41-45-56-50(55)44-40-36-32-28-24-21-16-14-12-10-8-6-4-2/h47-48,52-53H,3-46H2,1-2H3,(H,51,54). The van der Waals surface area contributed by atoms with Crippen molar-refractivity contribution in [1.82, 2.24) is 5.32 Å². The fraction of sp³-hybridized carbons (Fsp3) is 0.960. The number of nitrogens with one attached hydrogen (secondary N) is 1. The number of hydrogen-bond donors (Lipinski definition) is 3. The zero-order chi connectivity index (χ0) is 40.8. The third-order valence-corrected chi connectivity index (χ3v) is 11.9. The van der Waals surface area contributed by atoms with Crippen LogP contribution >= 0.6 is 0 Å². The van der Waals surface area contributed by atoms with Gasteiger partial charge in [0, 0.05) is 12.8 Å². The molecule has 1 amide bonds. The van der Waals surface area contributed by atoms with E-state index >= 15 is 0 Å². The van der Waals surface area contributed by atoms with Gasteiger partial charge in [-0.2, -0.15) is 0 Å². The topological polar surface area (TPSA) is 95.9 Å². The van der Waals surface area contributed by atoms with Gasteiger partial charge >= 0.3 is 5.97 Å². The van der Waals surface area contributed by atoms with Crippen LogP contribution in [0.3, 0.4) is 0 Å². The first kappa shape index (κ1) is 54.9. The number of carbonyl (C=O) groups excluding carboxylic acids is 2. The van der Waals surface area contributed by atoms with E-state index in [4.69, 9.17) is 4.74 Å². The fourth-order valence-corrected chi connectivity index (χ4v) is 7.99. The molecule has 0 rings (SSSR count). The summed E-state index contributed by atoms with van der Waals surface area (Å²) >= 11 is 0. The normalized spacial score (nSPS) is 12.6. The van der Waals surface area contributed by atoms with Gasteiger partial charge in [-0.1, -0.05) is 245 Å². The second-order valence-electron chi connectivity index (χ2n) is 17.5. The van der Waals surface area contributed by atoms with Gasteiger partial charge in [-0.25, -0.2) is 0 Å². The highest BCUT2D eigenvalue weighted by Crippen LogP contribution is 2.17. The molecule has 0 aromatic heterocycles. The van der Waals surface area contributed by atoms with Crippen LogP contribution in [0.25, 0.3) is 0 Å². The van der Waals surface area contributed by atoms with E-state index in [1.165, 1.54) is 193 Å². The van der Waals surface area contributed by atoms with Crippen LogP contribution in [0.15, 0.2) is 0 Å². The predicted octanol–water partition coefficient (Wildman–Crippen LogP) is 14.8. The maximum Gasteiger partial charge on any atom is 0.305 e. The Hall–Kier alpha value is -1.14. The molecule has 0 bridgehead atoms. The number of unbranched alkanes of at least 4 members (excludes halogenated alkanes) is 36. The number of aliphatic hydroxyl groups is 2. The quantitative estimate of drug-likeness (QED) is 0.0421. The van der Waals surface area contributed by atoms with Crippen LogP contribution < -0.4 is 5.32 Å². The summed E-state index contributed by atoms with van der Waals surface area (Å²) in [5, 5.41) is 23.2. The van der Waals surface area contributed by atoms with Crippen molar-refractivity contribution < 1.29 is 24.5 Å². The SMILES string of the molecule is CCCCCCCCCCCCCCCCCCCC(O)C(CO)NC(=O)CCCCCCCCCCCOC(=O)CCCCCCCCCCCCCCC. The first-order valence-corrected chi connectivity index (χ1v) is 25.3. The number of esters is 1. The Kier molecular flexibility index (Phi) is 45.6. The van der Waals surface area contributed by atoms with Crippen molar-refractivity contribution in [2.24, 2.45) is 0 Å². The lowest BCUT2D eigenvalue weighted by atomic mass is 10.0. The fourth-order valence-electron chi connectivity index (χ4n) is 7.99. The van der Waals surface area contributed by atoms with Gasteiger partial charge in [0.1, 0.15) is 0 Å². The molecule has 0 aromatic carbocycles. The van der Waals surface area contributed by atoms with Gasteiger partial charge in [0.15, 0.2) is 0 Å². The van der Waals surface area contributed by atoms with Crippen LogP contribution in [0.1, 0.15) is 284 Å². The number of aliphatic hydroxyl groups excluding tert-OH is 2. The summed E-state index contributed by atoms with van der Waals surface area (Å²) in [7, 11) is 0. The average Bonchev–Trinajstić information content (AvgIpc) is 3.20. The minimum absolute atomic E-state index is 0.0226. The summed E-state index contributed by atoms with van der Waals surface area (Å²) in [4.78, 5) is 24.5. The van der Waals surface area contributed by atoms with E-state index in [0.29, 0.717) is 25.9 Å². The molecule has 0 saturated heterocycles. The van der Waals surface area contributed by atoms with E-state index in [-0.39, 0.29) is 18.5 Å². The molecule has 6 heteroatoms. The molecule has 0 aliphatic rings. The maximum atomic E-state index is 12.4. The second kappa shape index (κ2) is 46.5. The predicted molar refractivity (Wildman–Crippen MR) is 241 cm³/mol. The molecular weight excluding hydrogens is 695 g/mol. The smallest absolute Gasteiger partial charge is 0.305 e. The molecule has 6 nitrogen and oxygen atoms in total. The van der Waals surface area contributed by atoms with Crippen LogP contribution in [0.4, 0.5) is 0 Å². The Morgan fingerprint density at radius 3 is 1.09 bits per heavy atom. The van der Waals surface area contributed by atoms with E-state index in [9.17, 15) is 19.8 Å². The van der Waals surface area contributed by atoms with Crippen molar-refractivity contribution in [2.75, 3.05) is 13.2 Å². The Balaban J connectivity index is 3.48. The Morgan fingerprint density at radius 2 is 0.732 bits per heavy atom. The number of ether oxygens (including phenoxy) is 1. The number of rotatable bonds is 47. The third kappa shape index (κ3) is 42.5. The zero-order valence-electron chi connectivity index (χ0n) is 37.9. The maximum absolute atomic E-state index is 12.4. The van der Waals surface area contributed by atoms with Crippen LogP contribution in [0.2, 0.25) is 0 Å². The molecule has 0 saturated carbocycles. The minimum atomic E-state index is -0.679. The van der Waals surface area contributed by atoms with Gasteiger partial charge in [-0.15, -0.1) is 0 Å². The highest BCUT2D eigenvalue weighted by molar-refractivity contribution is 5.76. The molecule has 0 aliphatic carbocycles. The van der Waals surface area contributed by atoms with Crippen LogP contribution in [-0.2, 0) is 14.3 Å². The number of hydrogen-bond acceptors (Lipinski definition) is 5. The first-order chi connectivity index (χ1) is 27.5. The zero-order valence-corrected chi connectivity index (χ0v) is 37.9. The van der Waals surface area contributed by atoms with Crippen LogP contribution in [0.5, 0.6) is 0 Å². The molecule has 2 atom stereocenters. The van der Waals surface area contributed by atoms with Gasteiger partial charge < -0.3 is 20.3 Å². The van der Waals surface area contributed by atoms with Crippen molar-refractivity contribution in [2.45, 2.75) is 296 Å². The molecule has 0 spiro atoms.